The first-order valence-electron chi connectivity index (χ1n) is 7.88. The zero-order valence-electron chi connectivity index (χ0n) is 14.3. The van der Waals surface area contributed by atoms with Crippen LogP contribution in [0, 0.1) is 5.41 Å². The van der Waals surface area contributed by atoms with Gasteiger partial charge in [-0.25, -0.2) is 4.98 Å². The van der Waals surface area contributed by atoms with Crippen molar-refractivity contribution in [2.24, 2.45) is 5.41 Å². The average molecular weight is 337 g/mol. The van der Waals surface area contributed by atoms with Crippen molar-refractivity contribution < 1.29 is 14.7 Å². The molecule has 128 valence electrons. The summed E-state index contributed by atoms with van der Waals surface area (Å²) in [6.07, 6.45) is 1.50. The molecule has 2 heterocycles. The van der Waals surface area contributed by atoms with E-state index in [9.17, 15) is 14.7 Å². The quantitative estimate of drug-likeness (QED) is 0.634. The minimum Gasteiger partial charge on any atom is -0.507 e. The average Bonchev–Trinajstić information content (AvgIpc) is 2.96. The molecule has 25 heavy (non-hydrogen) atoms. The zero-order chi connectivity index (χ0) is 18.2. The fraction of sp³-hybridized carbons (Fsp3) is 0.211. The van der Waals surface area contributed by atoms with Crippen LogP contribution in [0.25, 0.3) is 11.0 Å². The second-order valence-corrected chi connectivity index (χ2v) is 6.90. The molecule has 1 amide bonds. The van der Waals surface area contributed by atoms with E-state index >= 15 is 0 Å². The van der Waals surface area contributed by atoms with Gasteiger partial charge in [-0.05, 0) is 24.3 Å². The van der Waals surface area contributed by atoms with Crippen LogP contribution in [0.1, 0.15) is 41.6 Å². The van der Waals surface area contributed by atoms with E-state index < -0.39 is 11.3 Å². The molecule has 6 nitrogen and oxygen atoms in total. The second-order valence-electron chi connectivity index (χ2n) is 6.90. The highest BCUT2D eigenvalue weighted by atomic mass is 16.3. The number of hydrogen-bond donors (Lipinski definition) is 3. The topological polar surface area (TPSA) is 95.1 Å². The summed E-state index contributed by atoms with van der Waals surface area (Å²) in [7, 11) is 0. The monoisotopic (exact) mass is 337 g/mol. The van der Waals surface area contributed by atoms with Crippen LogP contribution in [0.2, 0.25) is 0 Å². The number of aromatic amines is 1. The number of rotatable bonds is 3. The number of amides is 1. The maximum Gasteiger partial charge on any atom is 0.259 e. The van der Waals surface area contributed by atoms with Crippen molar-refractivity contribution in [3.05, 3.63) is 53.9 Å². The number of carbonyl (C=O) groups is 2. The van der Waals surface area contributed by atoms with Crippen molar-refractivity contribution in [2.75, 3.05) is 5.32 Å². The number of fused-ring (bicyclic) bond motifs is 1. The van der Waals surface area contributed by atoms with Crippen molar-refractivity contribution in [3.63, 3.8) is 0 Å². The van der Waals surface area contributed by atoms with Gasteiger partial charge in [0.05, 0.1) is 23.1 Å². The van der Waals surface area contributed by atoms with Gasteiger partial charge >= 0.3 is 0 Å². The Morgan fingerprint density at radius 3 is 2.56 bits per heavy atom. The summed E-state index contributed by atoms with van der Waals surface area (Å²) < 4.78 is 0. The fourth-order valence-corrected chi connectivity index (χ4v) is 2.47. The van der Waals surface area contributed by atoms with Crippen molar-refractivity contribution in [3.8, 4) is 5.75 Å². The molecule has 0 unspecified atom stereocenters. The molecule has 6 heteroatoms. The number of aromatic nitrogens is 2. The third kappa shape index (κ3) is 3.38. The van der Waals surface area contributed by atoms with Gasteiger partial charge in [-0.2, -0.15) is 0 Å². The number of nitrogens with zero attached hydrogens (tertiary/aromatic N) is 1. The van der Waals surface area contributed by atoms with E-state index in [2.05, 4.69) is 15.3 Å². The molecular weight excluding hydrogens is 318 g/mol. The van der Waals surface area contributed by atoms with Crippen LogP contribution in [0.5, 0.6) is 5.75 Å². The van der Waals surface area contributed by atoms with Crippen molar-refractivity contribution in [2.45, 2.75) is 20.8 Å². The number of carbonyl (C=O) groups excluding carboxylic acids is 2. The SMILES string of the molecule is CC(C)(C)C(=O)c1cc2cc(NC(=O)c3ccccc3O)cnc2[nH]1. The molecule has 2 aromatic heterocycles. The lowest BCUT2D eigenvalue weighted by atomic mass is 9.89. The van der Waals surface area contributed by atoms with E-state index in [1.54, 1.807) is 24.3 Å². The summed E-state index contributed by atoms with van der Waals surface area (Å²) in [5, 5.41) is 13.2. The first kappa shape index (κ1) is 16.7. The minimum absolute atomic E-state index is 0.00899. The number of anilines is 1. The van der Waals surface area contributed by atoms with Gasteiger partial charge in [-0.3, -0.25) is 9.59 Å². The molecule has 0 spiro atoms. The molecule has 0 aliphatic heterocycles. The number of phenols is 1. The zero-order valence-corrected chi connectivity index (χ0v) is 14.3. The van der Waals surface area contributed by atoms with E-state index in [0.717, 1.165) is 5.39 Å². The first-order valence-corrected chi connectivity index (χ1v) is 7.88. The Hall–Kier alpha value is -3.15. The van der Waals surface area contributed by atoms with Crippen molar-refractivity contribution in [1.82, 2.24) is 9.97 Å². The van der Waals surface area contributed by atoms with Gasteiger partial charge in [0.15, 0.2) is 5.78 Å². The number of nitrogens with one attached hydrogen (secondary N) is 2. The summed E-state index contributed by atoms with van der Waals surface area (Å²) in [5.74, 6) is -0.528. The van der Waals surface area contributed by atoms with Crippen LogP contribution >= 0.6 is 0 Å². The number of Topliss-reactive ketones (excluding diaryl/α,β-unsaturated/α-hetero) is 1. The fourth-order valence-electron chi connectivity index (χ4n) is 2.47. The van der Waals surface area contributed by atoms with Crippen LogP contribution in [-0.2, 0) is 0 Å². The Bertz CT molecular complexity index is 967. The predicted molar refractivity (Wildman–Crippen MR) is 95.9 cm³/mol. The van der Waals surface area contributed by atoms with Gasteiger partial charge in [-0.15, -0.1) is 0 Å². The standard InChI is InChI=1S/C19H19N3O3/c1-19(2,3)16(24)14-9-11-8-12(10-20-17(11)22-14)21-18(25)13-6-4-5-7-15(13)23/h4-10,23H,1-3H3,(H,20,22)(H,21,25). The molecule has 1 aromatic carbocycles. The highest BCUT2D eigenvalue weighted by Gasteiger charge is 2.24. The summed E-state index contributed by atoms with van der Waals surface area (Å²) in [6.45, 7) is 5.56. The first-order chi connectivity index (χ1) is 11.8. The third-order valence-corrected chi connectivity index (χ3v) is 3.80. The Morgan fingerprint density at radius 1 is 1.16 bits per heavy atom. The lowest BCUT2D eigenvalue weighted by molar-refractivity contribution is 0.0853. The molecule has 0 atom stereocenters. The molecule has 0 aliphatic carbocycles. The van der Waals surface area contributed by atoms with Crippen LogP contribution in [0.3, 0.4) is 0 Å². The number of hydrogen-bond acceptors (Lipinski definition) is 4. The number of ketones is 1. The Balaban J connectivity index is 1.88. The lowest BCUT2D eigenvalue weighted by Gasteiger charge is -2.14. The minimum atomic E-state index is -0.497. The van der Waals surface area contributed by atoms with Crippen LogP contribution in [-0.4, -0.2) is 26.8 Å². The van der Waals surface area contributed by atoms with E-state index in [1.807, 2.05) is 20.8 Å². The van der Waals surface area contributed by atoms with Gasteiger partial charge in [0.25, 0.3) is 5.91 Å². The molecule has 0 aliphatic rings. The van der Waals surface area contributed by atoms with Crippen molar-refractivity contribution in [1.29, 1.82) is 0 Å². The molecule has 3 aromatic rings. The van der Waals surface area contributed by atoms with Gasteiger partial charge in [-0.1, -0.05) is 32.9 Å². The van der Waals surface area contributed by atoms with Crippen LogP contribution in [0.15, 0.2) is 42.6 Å². The normalized spacial score (nSPS) is 11.5. The molecule has 3 rings (SSSR count). The molecule has 0 fully saturated rings. The van der Waals surface area contributed by atoms with E-state index in [4.69, 9.17) is 0 Å². The smallest absolute Gasteiger partial charge is 0.259 e. The molecule has 0 bridgehead atoms. The third-order valence-electron chi connectivity index (χ3n) is 3.80. The number of H-pyrrole nitrogens is 1. The van der Waals surface area contributed by atoms with Gasteiger partial charge in [0.1, 0.15) is 11.4 Å². The summed E-state index contributed by atoms with van der Waals surface area (Å²) >= 11 is 0. The van der Waals surface area contributed by atoms with Crippen molar-refractivity contribution >= 4 is 28.4 Å². The van der Waals surface area contributed by atoms with Gasteiger partial charge in [0, 0.05) is 10.8 Å². The maximum absolute atomic E-state index is 12.4. The largest absolute Gasteiger partial charge is 0.507 e. The Morgan fingerprint density at radius 2 is 1.88 bits per heavy atom. The maximum atomic E-state index is 12.4. The van der Waals surface area contributed by atoms with Crippen LogP contribution in [0.4, 0.5) is 5.69 Å². The highest BCUT2D eigenvalue weighted by Crippen LogP contribution is 2.25. The number of aromatic hydroxyl groups is 1. The highest BCUT2D eigenvalue weighted by molar-refractivity contribution is 6.07. The van der Waals surface area contributed by atoms with E-state index in [1.165, 1.54) is 18.3 Å². The van der Waals surface area contributed by atoms with Gasteiger partial charge in [0.2, 0.25) is 0 Å². The van der Waals surface area contributed by atoms with E-state index in [-0.39, 0.29) is 17.1 Å². The predicted octanol–water partition coefficient (Wildman–Crippen LogP) is 3.75. The van der Waals surface area contributed by atoms with Crippen LogP contribution < -0.4 is 5.32 Å². The summed E-state index contributed by atoms with van der Waals surface area (Å²) in [4.78, 5) is 31.9. The summed E-state index contributed by atoms with van der Waals surface area (Å²) in [5.41, 5.74) is 1.23. The Kier molecular flexibility index (Phi) is 4.04. The number of pyridine rings is 1. The van der Waals surface area contributed by atoms with Gasteiger partial charge < -0.3 is 15.4 Å². The number of para-hydroxylation sites is 1. The molecule has 0 saturated heterocycles. The number of phenolic OH excluding ortho intramolecular Hbond substituents is 1. The number of benzene rings is 1. The second kappa shape index (κ2) is 6.05. The lowest BCUT2D eigenvalue weighted by Crippen LogP contribution is -2.20. The molecule has 0 radical (unpaired) electrons. The summed E-state index contributed by atoms with van der Waals surface area (Å²) in [6, 6.07) is 9.77. The van der Waals surface area contributed by atoms with E-state index in [0.29, 0.717) is 17.0 Å². The molecule has 3 N–H and O–H groups in total. The molecule has 0 saturated carbocycles. The molecular formula is C19H19N3O3. The Labute approximate surface area is 144 Å².